The monoisotopic (exact) mass is 259 g/mol. The van der Waals surface area contributed by atoms with Crippen molar-refractivity contribution in [3.8, 4) is 0 Å². The van der Waals surface area contributed by atoms with Crippen LogP contribution in [0.1, 0.15) is 0 Å². The van der Waals surface area contributed by atoms with Crippen LogP contribution in [0.2, 0.25) is 0 Å². The van der Waals surface area contributed by atoms with E-state index in [4.69, 9.17) is 25.4 Å². The van der Waals surface area contributed by atoms with Gasteiger partial charge in [-0.25, -0.2) is 4.57 Å². The summed E-state index contributed by atoms with van der Waals surface area (Å²) in [7, 11) is -4.83. The number of aliphatic hydroxyl groups is 3. The van der Waals surface area contributed by atoms with Crippen molar-refractivity contribution in [2.45, 2.75) is 30.6 Å². The summed E-state index contributed by atoms with van der Waals surface area (Å²) < 4.78 is 19.5. The summed E-state index contributed by atoms with van der Waals surface area (Å²) in [6.45, 7) is -0.647. The molecule has 0 unspecified atom stereocenters. The summed E-state index contributed by atoms with van der Waals surface area (Å²) in [4.78, 5) is 17.1. The van der Waals surface area contributed by atoms with Crippen molar-refractivity contribution in [2.75, 3.05) is 6.61 Å². The smallest absolute Gasteiger partial charge is 0.394 e. The predicted octanol–water partition coefficient (Wildman–Crippen LogP) is -3.14. The molecule has 10 heteroatoms. The Labute approximate surface area is 90.6 Å². The van der Waals surface area contributed by atoms with Gasteiger partial charge in [0.1, 0.15) is 18.3 Å². The number of rotatable bonds is 3. The maximum absolute atomic E-state index is 10.6. The summed E-state index contributed by atoms with van der Waals surface area (Å²) in [5.41, 5.74) is 5.35. The van der Waals surface area contributed by atoms with E-state index in [1.165, 1.54) is 0 Å². The molecule has 1 aliphatic rings. The van der Waals surface area contributed by atoms with Gasteiger partial charge in [0, 0.05) is 0 Å². The van der Waals surface area contributed by atoms with Gasteiger partial charge in [0.25, 0.3) is 0 Å². The van der Waals surface area contributed by atoms with Gasteiger partial charge in [0.05, 0.1) is 12.6 Å². The van der Waals surface area contributed by atoms with Crippen LogP contribution in [0.25, 0.3) is 0 Å². The van der Waals surface area contributed by atoms with E-state index in [1.54, 1.807) is 0 Å². The molecule has 5 atom stereocenters. The average molecular weight is 259 g/mol. The SMILES string of the molecule is N[C@@H]1[C@H](OP(=O)(O)O)O[C@H](CO)[C@@H](O)[C@H]1O. The second-order valence-corrected chi connectivity index (χ2v) is 4.57. The highest BCUT2D eigenvalue weighted by atomic mass is 31.2. The van der Waals surface area contributed by atoms with Crippen molar-refractivity contribution in [3.05, 3.63) is 0 Å². The Kier molecular flexibility index (Phi) is 4.41. The van der Waals surface area contributed by atoms with E-state index in [0.717, 1.165) is 0 Å². The molecular weight excluding hydrogens is 245 g/mol. The molecule has 0 aliphatic carbocycles. The standard InChI is InChI=1S/C6H14NO8P/c7-3-5(10)4(9)2(1-8)14-6(3)15-16(11,12)13/h2-6,8-10H,1,7H2,(H2,11,12,13)/t2-,3+,4-,5+,6+/m1/s1. The maximum atomic E-state index is 10.6. The summed E-state index contributed by atoms with van der Waals surface area (Å²) >= 11 is 0. The van der Waals surface area contributed by atoms with Crippen LogP contribution in [0.4, 0.5) is 0 Å². The molecule has 96 valence electrons. The molecule has 1 rings (SSSR count). The van der Waals surface area contributed by atoms with Crippen LogP contribution in [0, 0.1) is 0 Å². The topological polar surface area (TPSA) is 163 Å². The summed E-state index contributed by atoms with van der Waals surface area (Å²) in [6, 6.07) is -1.33. The van der Waals surface area contributed by atoms with Crippen LogP contribution in [0.5, 0.6) is 0 Å². The van der Waals surface area contributed by atoms with Crippen LogP contribution < -0.4 is 5.73 Å². The molecule has 0 spiro atoms. The summed E-state index contributed by atoms with van der Waals surface area (Å²) in [5.74, 6) is 0. The average Bonchev–Trinajstić information content (AvgIpc) is 2.17. The minimum atomic E-state index is -4.83. The van der Waals surface area contributed by atoms with Crippen LogP contribution >= 0.6 is 7.82 Å². The number of phosphoric ester groups is 1. The van der Waals surface area contributed by atoms with Gasteiger partial charge in [-0.05, 0) is 0 Å². The van der Waals surface area contributed by atoms with Crippen molar-refractivity contribution >= 4 is 7.82 Å². The fourth-order valence-electron chi connectivity index (χ4n) is 1.33. The van der Waals surface area contributed by atoms with Crippen molar-refractivity contribution in [2.24, 2.45) is 5.73 Å². The normalized spacial score (nSPS) is 41.0. The lowest BCUT2D eigenvalue weighted by Crippen LogP contribution is -2.62. The Bertz CT molecular complexity index is 280. The second kappa shape index (κ2) is 5.05. The molecule has 1 fully saturated rings. The lowest BCUT2D eigenvalue weighted by Gasteiger charge is -2.40. The van der Waals surface area contributed by atoms with E-state index in [2.05, 4.69) is 4.52 Å². The Balaban J connectivity index is 2.75. The molecule has 16 heavy (non-hydrogen) atoms. The van der Waals surface area contributed by atoms with Crippen LogP contribution in [-0.2, 0) is 13.8 Å². The molecule has 9 nitrogen and oxygen atoms in total. The van der Waals surface area contributed by atoms with Crippen LogP contribution in [-0.4, -0.2) is 62.4 Å². The van der Waals surface area contributed by atoms with Gasteiger partial charge in [-0.1, -0.05) is 0 Å². The highest BCUT2D eigenvalue weighted by molar-refractivity contribution is 7.46. The van der Waals surface area contributed by atoms with E-state index in [0.29, 0.717) is 0 Å². The van der Waals surface area contributed by atoms with E-state index in [-0.39, 0.29) is 0 Å². The first kappa shape index (κ1) is 14.0. The minimum absolute atomic E-state index is 0.647. The number of phosphoric acid groups is 1. The molecule has 0 saturated carbocycles. The Morgan fingerprint density at radius 3 is 2.31 bits per heavy atom. The van der Waals surface area contributed by atoms with E-state index >= 15 is 0 Å². The van der Waals surface area contributed by atoms with Crippen molar-refractivity contribution in [1.82, 2.24) is 0 Å². The Hall–Kier alpha value is -0.0900. The quantitative estimate of drug-likeness (QED) is 0.287. The fourth-order valence-corrected chi connectivity index (χ4v) is 1.79. The lowest BCUT2D eigenvalue weighted by atomic mass is 9.98. The van der Waals surface area contributed by atoms with Crippen molar-refractivity contribution < 1.29 is 38.9 Å². The first-order valence-corrected chi connectivity index (χ1v) is 5.91. The Morgan fingerprint density at radius 1 is 1.31 bits per heavy atom. The molecule has 0 aromatic heterocycles. The number of nitrogens with two attached hydrogens (primary N) is 1. The number of ether oxygens (including phenoxy) is 1. The third-order valence-corrected chi connectivity index (χ3v) is 2.65. The molecule has 0 radical (unpaired) electrons. The largest absolute Gasteiger partial charge is 0.471 e. The third-order valence-electron chi connectivity index (χ3n) is 2.17. The molecule has 0 amide bonds. The number of hydrogen-bond acceptors (Lipinski definition) is 7. The minimum Gasteiger partial charge on any atom is -0.394 e. The maximum Gasteiger partial charge on any atom is 0.471 e. The van der Waals surface area contributed by atoms with Gasteiger partial charge in [0.15, 0.2) is 6.29 Å². The first-order chi connectivity index (χ1) is 7.26. The molecule has 1 saturated heterocycles. The fraction of sp³-hybridized carbons (Fsp3) is 1.00. The number of aliphatic hydroxyl groups excluding tert-OH is 3. The van der Waals surface area contributed by atoms with Gasteiger partial charge in [-0.2, -0.15) is 0 Å². The van der Waals surface area contributed by atoms with Gasteiger partial charge >= 0.3 is 7.82 Å². The van der Waals surface area contributed by atoms with Crippen molar-refractivity contribution in [3.63, 3.8) is 0 Å². The zero-order valence-corrected chi connectivity index (χ0v) is 8.97. The Morgan fingerprint density at radius 2 is 1.88 bits per heavy atom. The molecule has 0 bridgehead atoms. The lowest BCUT2D eigenvalue weighted by molar-refractivity contribution is -0.242. The first-order valence-electron chi connectivity index (χ1n) is 4.38. The molecular formula is C6H14NO8P. The molecule has 7 N–H and O–H groups in total. The predicted molar refractivity (Wildman–Crippen MR) is 48.9 cm³/mol. The van der Waals surface area contributed by atoms with Gasteiger partial charge < -0.3 is 35.6 Å². The molecule has 0 aromatic rings. The second-order valence-electron chi connectivity index (χ2n) is 3.38. The van der Waals surface area contributed by atoms with Gasteiger partial charge in [0.2, 0.25) is 0 Å². The van der Waals surface area contributed by atoms with E-state index < -0.39 is 45.1 Å². The number of hydrogen-bond donors (Lipinski definition) is 6. The highest BCUT2D eigenvalue weighted by Crippen LogP contribution is 2.40. The molecule has 0 aromatic carbocycles. The molecule has 1 aliphatic heterocycles. The van der Waals surface area contributed by atoms with E-state index in [9.17, 15) is 14.8 Å². The summed E-state index contributed by atoms with van der Waals surface area (Å²) in [5, 5.41) is 27.6. The van der Waals surface area contributed by atoms with Crippen LogP contribution in [0.3, 0.4) is 0 Å². The third kappa shape index (κ3) is 3.20. The van der Waals surface area contributed by atoms with Crippen LogP contribution in [0.15, 0.2) is 0 Å². The summed E-state index contributed by atoms with van der Waals surface area (Å²) in [6.07, 6.45) is -5.78. The van der Waals surface area contributed by atoms with Gasteiger partial charge in [-0.3, -0.25) is 4.52 Å². The highest BCUT2D eigenvalue weighted by Gasteiger charge is 2.45. The zero-order chi connectivity index (χ0) is 12.5. The molecule has 1 heterocycles. The van der Waals surface area contributed by atoms with Crippen molar-refractivity contribution in [1.29, 1.82) is 0 Å². The van der Waals surface area contributed by atoms with E-state index in [1.807, 2.05) is 0 Å². The zero-order valence-electron chi connectivity index (χ0n) is 8.08. The van der Waals surface area contributed by atoms with Gasteiger partial charge in [-0.15, -0.1) is 0 Å².